The number of aromatic nitrogens is 2. The van der Waals surface area contributed by atoms with Crippen molar-refractivity contribution in [1.82, 2.24) is 19.8 Å². The van der Waals surface area contributed by atoms with Crippen LogP contribution in [0.5, 0.6) is 0 Å². The molecule has 3 rings (SSSR count). The molecule has 2 aromatic rings. The standard InChI is InChI=1S/C17H22N4O/c1-3-20-8-9-21-11-15(19-16(21)12-20)17(22)18-10-14-7-5-4-6-13(14)2/h4-7,11H,3,8-10,12H2,1-2H3,(H,18,22). The number of rotatable bonds is 4. The van der Waals surface area contributed by atoms with Gasteiger partial charge in [-0.15, -0.1) is 0 Å². The van der Waals surface area contributed by atoms with E-state index in [2.05, 4.69) is 39.7 Å². The fraction of sp³-hybridized carbons (Fsp3) is 0.412. The van der Waals surface area contributed by atoms with Crippen LogP contribution in [0.25, 0.3) is 0 Å². The zero-order chi connectivity index (χ0) is 15.5. The second-order valence-corrected chi connectivity index (χ2v) is 5.71. The van der Waals surface area contributed by atoms with Crippen molar-refractivity contribution >= 4 is 5.91 Å². The number of carbonyl (C=O) groups is 1. The Bertz CT molecular complexity index is 677. The summed E-state index contributed by atoms with van der Waals surface area (Å²) >= 11 is 0. The molecule has 0 radical (unpaired) electrons. The first-order chi connectivity index (χ1) is 10.7. The summed E-state index contributed by atoms with van der Waals surface area (Å²) in [6.45, 7) is 8.49. The van der Waals surface area contributed by atoms with E-state index in [0.717, 1.165) is 37.6 Å². The third kappa shape index (κ3) is 3.04. The quantitative estimate of drug-likeness (QED) is 0.938. The zero-order valence-electron chi connectivity index (χ0n) is 13.2. The lowest BCUT2D eigenvalue weighted by Crippen LogP contribution is -2.33. The maximum atomic E-state index is 12.3. The van der Waals surface area contributed by atoms with Crippen molar-refractivity contribution in [3.05, 3.63) is 53.1 Å². The molecule has 0 saturated carbocycles. The van der Waals surface area contributed by atoms with Crippen molar-refractivity contribution in [3.63, 3.8) is 0 Å². The minimum atomic E-state index is -0.104. The number of amides is 1. The molecule has 22 heavy (non-hydrogen) atoms. The Morgan fingerprint density at radius 1 is 1.32 bits per heavy atom. The van der Waals surface area contributed by atoms with Gasteiger partial charge >= 0.3 is 0 Å². The molecule has 0 unspecified atom stereocenters. The maximum Gasteiger partial charge on any atom is 0.271 e. The van der Waals surface area contributed by atoms with E-state index in [1.165, 1.54) is 5.56 Å². The number of imidazole rings is 1. The van der Waals surface area contributed by atoms with Crippen LogP contribution in [-0.4, -0.2) is 33.4 Å². The van der Waals surface area contributed by atoms with E-state index in [1.54, 1.807) is 0 Å². The third-order valence-electron chi connectivity index (χ3n) is 4.26. The number of aryl methyl sites for hydroxylation is 1. The van der Waals surface area contributed by atoms with Gasteiger partial charge < -0.3 is 9.88 Å². The highest BCUT2D eigenvalue weighted by molar-refractivity contribution is 5.92. The van der Waals surface area contributed by atoms with Crippen LogP contribution in [0.4, 0.5) is 0 Å². The average molecular weight is 298 g/mol. The average Bonchev–Trinajstić information content (AvgIpc) is 2.96. The highest BCUT2D eigenvalue weighted by atomic mass is 16.1. The van der Waals surface area contributed by atoms with Gasteiger partial charge in [0.05, 0.1) is 6.54 Å². The lowest BCUT2D eigenvalue weighted by atomic mass is 10.1. The van der Waals surface area contributed by atoms with Gasteiger partial charge in [-0.3, -0.25) is 9.69 Å². The molecule has 5 heteroatoms. The summed E-state index contributed by atoms with van der Waals surface area (Å²) in [7, 11) is 0. The highest BCUT2D eigenvalue weighted by Crippen LogP contribution is 2.13. The van der Waals surface area contributed by atoms with E-state index in [4.69, 9.17) is 0 Å². The van der Waals surface area contributed by atoms with E-state index < -0.39 is 0 Å². The lowest BCUT2D eigenvalue weighted by molar-refractivity contribution is 0.0946. The maximum absolute atomic E-state index is 12.3. The first-order valence-electron chi connectivity index (χ1n) is 7.78. The highest BCUT2D eigenvalue weighted by Gasteiger charge is 2.19. The van der Waals surface area contributed by atoms with Crippen molar-refractivity contribution in [3.8, 4) is 0 Å². The minimum Gasteiger partial charge on any atom is -0.347 e. The Hall–Kier alpha value is -2.14. The van der Waals surface area contributed by atoms with Crippen LogP contribution in [0.15, 0.2) is 30.5 Å². The fourth-order valence-corrected chi connectivity index (χ4v) is 2.76. The third-order valence-corrected chi connectivity index (χ3v) is 4.26. The number of nitrogens with one attached hydrogen (secondary N) is 1. The van der Waals surface area contributed by atoms with Crippen molar-refractivity contribution in [2.45, 2.75) is 33.5 Å². The summed E-state index contributed by atoms with van der Waals surface area (Å²) in [6, 6.07) is 8.08. The Labute approximate surface area is 131 Å². The number of hydrogen-bond donors (Lipinski definition) is 1. The Balaban J connectivity index is 1.66. The Kier molecular flexibility index (Phi) is 4.24. The molecule has 1 amide bonds. The van der Waals surface area contributed by atoms with Crippen LogP contribution in [-0.2, 0) is 19.6 Å². The number of benzene rings is 1. The van der Waals surface area contributed by atoms with Gasteiger partial charge in [-0.25, -0.2) is 4.98 Å². The molecule has 0 atom stereocenters. The number of carbonyl (C=O) groups excluding carboxylic acids is 1. The largest absolute Gasteiger partial charge is 0.347 e. The molecule has 0 bridgehead atoms. The van der Waals surface area contributed by atoms with Crippen molar-refractivity contribution < 1.29 is 4.79 Å². The normalized spacial score (nSPS) is 14.6. The van der Waals surface area contributed by atoms with E-state index in [0.29, 0.717) is 12.2 Å². The SMILES string of the molecule is CCN1CCn2cc(C(=O)NCc3ccccc3C)nc2C1. The van der Waals surface area contributed by atoms with Crippen LogP contribution in [0, 0.1) is 6.92 Å². The molecule has 5 nitrogen and oxygen atoms in total. The Morgan fingerprint density at radius 2 is 2.14 bits per heavy atom. The molecule has 0 fully saturated rings. The molecule has 116 valence electrons. The van der Waals surface area contributed by atoms with E-state index in [1.807, 2.05) is 24.4 Å². The first kappa shape index (κ1) is 14.8. The van der Waals surface area contributed by atoms with Gasteiger partial charge in [0.15, 0.2) is 0 Å². The van der Waals surface area contributed by atoms with E-state index in [9.17, 15) is 4.79 Å². The zero-order valence-corrected chi connectivity index (χ0v) is 13.2. The first-order valence-corrected chi connectivity index (χ1v) is 7.78. The predicted octanol–water partition coefficient (Wildman–Crippen LogP) is 1.96. The molecule has 0 saturated heterocycles. The van der Waals surface area contributed by atoms with Crippen LogP contribution in [0.3, 0.4) is 0 Å². The molecular formula is C17H22N4O. The van der Waals surface area contributed by atoms with Crippen LogP contribution < -0.4 is 5.32 Å². The van der Waals surface area contributed by atoms with Gasteiger partial charge in [-0.1, -0.05) is 31.2 Å². The van der Waals surface area contributed by atoms with Crippen LogP contribution in [0.1, 0.15) is 34.4 Å². The molecule has 1 aromatic heterocycles. The van der Waals surface area contributed by atoms with Crippen molar-refractivity contribution in [2.75, 3.05) is 13.1 Å². The van der Waals surface area contributed by atoms with E-state index >= 15 is 0 Å². The molecule has 2 heterocycles. The van der Waals surface area contributed by atoms with Crippen LogP contribution in [0.2, 0.25) is 0 Å². The summed E-state index contributed by atoms with van der Waals surface area (Å²) in [5.74, 6) is 0.877. The topological polar surface area (TPSA) is 50.2 Å². The smallest absolute Gasteiger partial charge is 0.271 e. The number of likely N-dealkylation sites (N-methyl/N-ethyl adjacent to an activating group) is 1. The monoisotopic (exact) mass is 298 g/mol. The van der Waals surface area contributed by atoms with Gasteiger partial charge in [-0.2, -0.15) is 0 Å². The van der Waals surface area contributed by atoms with Gasteiger partial charge in [0.1, 0.15) is 11.5 Å². The second kappa shape index (κ2) is 6.32. The predicted molar refractivity (Wildman–Crippen MR) is 85.5 cm³/mol. The summed E-state index contributed by atoms with van der Waals surface area (Å²) < 4.78 is 2.09. The van der Waals surface area contributed by atoms with Gasteiger partial charge in [0, 0.05) is 25.8 Å². The van der Waals surface area contributed by atoms with Gasteiger partial charge in [0.2, 0.25) is 0 Å². The van der Waals surface area contributed by atoms with Crippen LogP contribution >= 0.6 is 0 Å². The van der Waals surface area contributed by atoms with Crippen molar-refractivity contribution in [1.29, 1.82) is 0 Å². The molecule has 1 N–H and O–H groups in total. The molecule has 0 aliphatic carbocycles. The molecule has 0 spiro atoms. The Morgan fingerprint density at radius 3 is 2.91 bits per heavy atom. The fourth-order valence-electron chi connectivity index (χ4n) is 2.76. The summed E-state index contributed by atoms with van der Waals surface area (Å²) in [5.41, 5.74) is 2.84. The molecule has 1 aliphatic heterocycles. The number of fused-ring (bicyclic) bond motifs is 1. The molecule has 1 aromatic carbocycles. The summed E-state index contributed by atoms with van der Waals surface area (Å²) in [5, 5.41) is 2.96. The number of nitrogens with zero attached hydrogens (tertiary/aromatic N) is 3. The van der Waals surface area contributed by atoms with Gasteiger partial charge in [0.25, 0.3) is 5.91 Å². The second-order valence-electron chi connectivity index (χ2n) is 5.71. The summed E-state index contributed by atoms with van der Waals surface area (Å²) in [6.07, 6.45) is 1.87. The van der Waals surface area contributed by atoms with E-state index in [-0.39, 0.29) is 5.91 Å². The summed E-state index contributed by atoms with van der Waals surface area (Å²) in [4.78, 5) is 19.1. The minimum absolute atomic E-state index is 0.104. The molecular weight excluding hydrogens is 276 g/mol. The van der Waals surface area contributed by atoms with Crippen molar-refractivity contribution in [2.24, 2.45) is 0 Å². The molecule has 1 aliphatic rings. The lowest BCUT2D eigenvalue weighted by Gasteiger charge is -2.25. The number of hydrogen-bond acceptors (Lipinski definition) is 3. The van der Waals surface area contributed by atoms with Gasteiger partial charge in [-0.05, 0) is 24.6 Å².